The van der Waals surface area contributed by atoms with Crippen LogP contribution in [-0.2, 0) is 28.4 Å². The molecule has 127 heavy (non-hydrogen) atoms. The summed E-state index contributed by atoms with van der Waals surface area (Å²) in [5, 5.41) is 9.20. The fourth-order valence-corrected chi connectivity index (χ4v) is 20.1. The van der Waals surface area contributed by atoms with Crippen molar-refractivity contribution < 1.29 is 33.5 Å². The fraction of sp³-hybridized carbons (Fsp3) is 0.961. The van der Waals surface area contributed by atoms with Crippen molar-refractivity contribution in [3.05, 3.63) is 18.7 Å². The van der Waals surface area contributed by atoms with E-state index in [1.165, 1.54) is 156 Å². The highest BCUT2D eigenvalue weighted by Crippen LogP contribution is 2.66. The van der Waals surface area contributed by atoms with Gasteiger partial charge in [-0.2, -0.15) is 0 Å². The maximum absolute atomic E-state index is 9.20. The molecule has 1 N–H and O–H groups in total. The van der Waals surface area contributed by atoms with Crippen LogP contribution < -0.4 is 4.90 Å². The molecule has 25 nitrogen and oxygen atoms in total. The number of methoxy groups -OCH3 is 3. The number of nitrogens with zero attached hydrogens (tertiary/aromatic N) is 18. The number of aromatic nitrogens is 2. The third kappa shape index (κ3) is 39.9. The van der Waals surface area contributed by atoms with Gasteiger partial charge in [0.25, 0.3) is 0 Å². The van der Waals surface area contributed by atoms with E-state index in [4.69, 9.17) is 28.4 Å². The molecule has 4 unspecified atom stereocenters. The highest BCUT2D eigenvalue weighted by Gasteiger charge is 2.75. The Morgan fingerprint density at radius 3 is 1.20 bits per heavy atom. The van der Waals surface area contributed by atoms with Gasteiger partial charge in [0.2, 0.25) is 0 Å². The number of hydrogen-bond acceptors (Lipinski definition) is 25. The summed E-state index contributed by atoms with van der Waals surface area (Å²) in [6.07, 6.45) is 16.0. The lowest BCUT2D eigenvalue weighted by Crippen LogP contribution is -2.65. The molecule has 746 valence electrons. The summed E-state index contributed by atoms with van der Waals surface area (Å²) >= 11 is 0. The van der Waals surface area contributed by atoms with Crippen LogP contribution in [0.2, 0.25) is 0 Å². The van der Waals surface area contributed by atoms with Gasteiger partial charge in [-0.1, -0.05) is 13.3 Å². The summed E-state index contributed by atoms with van der Waals surface area (Å²) in [7, 11) is 5.32. The van der Waals surface area contributed by atoms with E-state index in [0.29, 0.717) is 57.3 Å². The van der Waals surface area contributed by atoms with Crippen LogP contribution in [0.1, 0.15) is 245 Å². The van der Waals surface area contributed by atoms with Crippen molar-refractivity contribution in [3.8, 4) is 0 Å². The Morgan fingerprint density at radius 2 is 0.835 bits per heavy atom. The number of aliphatic hydroxyl groups is 1. The Hall–Kier alpha value is -2.00. The van der Waals surface area contributed by atoms with Gasteiger partial charge < -0.3 is 53.1 Å². The number of hydrogen-bond donors (Lipinski definition) is 1. The number of aliphatic hydroxyl groups excluding tert-OH is 1. The number of rotatable bonds is 25. The summed E-state index contributed by atoms with van der Waals surface area (Å²) in [5.74, 6) is 1.49. The Balaban J connectivity index is 0.000000224. The van der Waals surface area contributed by atoms with Gasteiger partial charge in [0, 0.05) is 344 Å². The normalized spacial score (nSPS) is 24.8. The molecule has 13 rings (SSSR count). The maximum atomic E-state index is 9.20. The Labute approximate surface area is 782 Å². The average molecular weight is 1800 g/mol. The SMILES string of the molecule is CC(C)(C)N1CCN(CC2CCC2)CC1.CC(C)(C)N1CCN(CC2OCCO2)CC1.CC(C)(C)N1CCN(c2cncnc2)CC1.CC(C)N1CC2N(C(C)(C)C)CC23CC13.CCC(CO)CN1CCN(C(C)(C)C)CC1.CCOCCN1CCN(C(C)(C)C)CC1.COCCCN1CCN(C(C)(C)C)CC1.COCCN(CCOC)C1CCN(C(C)(C)C)CC1. The van der Waals surface area contributed by atoms with E-state index in [2.05, 4.69) is 282 Å². The minimum Gasteiger partial charge on any atom is -0.396 e. The third-order valence-corrected chi connectivity index (χ3v) is 29.5. The summed E-state index contributed by atoms with van der Waals surface area (Å²) < 4.78 is 31.8. The first-order chi connectivity index (χ1) is 59.6. The van der Waals surface area contributed by atoms with Crippen molar-refractivity contribution in [3.63, 3.8) is 0 Å². The zero-order chi connectivity index (χ0) is 94.2. The van der Waals surface area contributed by atoms with Gasteiger partial charge in [0.15, 0.2) is 6.29 Å². The lowest BCUT2D eigenvalue weighted by molar-refractivity contribution is -0.0709. The van der Waals surface area contributed by atoms with Gasteiger partial charge in [-0.3, -0.25) is 58.8 Å². The monoisotopic (exact) mass is 1800 g/mol. The standard InChI is InChI=1S/C15H32N2O2.C13H28N2O.C13H24N2.C13H26N2.C12H20N4.C12H24N2O2.2C12H26N2O/c1-15(2,3)17-8-6-14(7-9-17)16(10-12-18-4)11-13-19-5;1-5-12(11-16)10-14-6-8-15(9-7-14)13(2,3)4;1-9(2)14-7-11-13(6-10(13)14)8-15(11)12(3,4)5;1-13(2,3)15-9-7-14(8-10-15)11-12-5-4-6-12;1-12(2,3)16-6-4-15(5-7-16)11-8-13-10-14-9-11;1-12(2,3)14-6-4-13(5-7-14)10-11-15-8-9-16-11;1-12(2,3)14-9-7-13(8-10-14)6-5-11-15-4;1-5-15-11-10-13-6-8-14(9-7-13)12(2,3)4/h14H,6-13H2,1-5H3;12,16H,5-11H2,1-4H3;9-11H,6-8H2,1-5H3;12H,4-11H2,1-3H3;8-10H,4-7H2,1-3H3;11H,4-10H2,1-3H3;2*5-11H2,1-4H3. The Bertz CT molecular complexity index is 2890. The van der Waals surface area contributed by atoms with Crippen LogP contribution >= 0.6 is 0 Å². The Morgan fingerprint density at radius 1 is 0.449 bits per heavy atom. The van der Waals surface area contributed by atoms with Crippen LogP contribution in [0.4, 0.5) is 5.69 Å². The molecular formula is C102H206N18O7. The molecule has 2 saturated carbocycles. The topological polar surface area (TPSA) is 153 Å². The molecule has 2 aliphatic carbocycles. The first-order valence-corrected chi connectivity index (χ1v) is 51.1. The molecule has 12 aliphatic rings. The molecule has 4 atom stereocenters. The molecule has 0 amide bonds. The molecule has 1 aromatic rings. The van der Waals surface area contributed by atoms with Crippen LogP contribution in [0, 0.1) is 17.3 Å². The molecule has 0 bridgehead atoms. The van der Waals surface area contributed by atoms with Gasteiger partial charge in [0.05, 0.1) is 51.1 Å². The molecule has 11 heterocycles. The largest absolute Gasteiger partial charge is 0.396 e. The molecule has 12 fully saturated rings. The van der Waals surface area contributed by atoms with E-state index in [0.717, 1.165) is 205 Å². The molecule has 1 aromatic heterocycles. The van der Waals surface area contributed by atoms with E-state index < -0.39 is 0 Å². The van der Waals surface area contributed by atoms with Gasteiger partial charge in [-0.05, 0) is 244 Å². The third-order valence-electron chi connectivity index (χ3n) is 29.5. The highest BCUT2D eigenvalue weighted by atomic mass is 16.7. The molecular weight excluding hydrogens is 1590 g/mol. The lowest BCUT2D eigenvalue weighted by atomic mass is 9.81. The molecule has 1 spiro atoms. The zero-order valence-corrected chi connectivity index (χ0v) is 88.8. The average Bonchev–Trinajstić information content (AvgIpc) is 1.49. The van der Waals surface area contributed by atoms with E-state index >= 15 is 0 Å². The second-order valence-electron chi connectivity index (χ2n) is 47.1. The second kappa shape index (κ2) is 54.2. The van der Waals surface area contributed by atoms with Gasteiger partial charge in [-0.15, -0.1) is 0 Å². The molecule has 25 heteroatoms. The van der Waals surface area contributed by atoms with Crippen molar-refractivity contribution in [2.24, 2.45) is 17.3 Å². The molecule has 0 radical (unpaired) electrons. The Kier molecular flexibility index (Phi) is 48.6. The van der Waals surface area contributed by atoms with Crippen LogP contribution in [-0.4, -0.2) is 467 Å². The minimum atomic E-state index is 0.0150. The van der Waals surface area contributed by atoms with Crippen LogP contribution in [0.15, 0.2) is 18.7 Å². The number of likely N-dealkylation sites (tertiary alicyclic amines) is 3. The lowest BCUT2D eigenvalue weighted by Gasteiger charge is -2.54. The van der Waals surface area contributed by atoms with Crippen molar-refractivity contribution in [2.75, 3.05) is 308 Å². The number of anilines is 1. The van der Waals surface area contributed by atoms with Crippen LogP contribution in [0.3, 0.4) is 0 Å². The fourth-order valence-electron chi connectivity index (χ4n) is 20.1. The maximum Gasteiger partial charge on any atom is 0.170 e. The van der Waals surface area contributed by atoms with Crippen molar-refractivity contribution >= 4 is 5.69 Å². The number of ether oxygens (including phenoxy) is 6. The predicted molar refractivity (Wildman–Crippen MR) is 534 cm³/mol. The van der Waals surface area contributed by atoms with E-state index in [1.807, 2.05) is 12.4 Å². The number of piperazine rings is 6. The van der Waals surface area contributed by atoms with E-state index in [1.54, 1.807) is 27.7 Å². The molecule has 0 aromatic carbocycles. The van der Waals surface area contributed by atoms with Crippen LogP contribution in [0.25, 0.3) is 0 Å². The second-order valence-corrected chi connectivity index (χ2v) is 47.1. The predicted octanol–water partition coefficient (Wildman–Crippen LogP) is 12.5. The van der Waals surface area contributed by atoms with Crippen molar-refractivity contribution in [2.45, 2.75) is 320 Å². The summed E-state index contributed by atoms with van der Waals surface area (Å²) in [6, 6.07) is 3.22. The number of piperidine rings is 2. The van der Waals surface area contributed by atoms with E-state index in [9.17, 15) is 5.11 Å². The summed E-state index contributed by atoms with van der Waals surface area (Å²) in [5.41, 5.74) is 4.44. The van der Waals surface area contributed by atoms with Gasteiger partial charge in [0.1, 0.15) is 6.33 Å². The first kappa shape index (κ1) is 114. The van der Waals surface area contributed by atoms with Crippen molar-refractivity contribution in [1.82, 2.24) is 83.5 Å². The summed E-state index contributed by atoms with van der Waals surface area (Å²) in [4.78, 5) is 49.0. The first-order valence-electron chi connectivity index (χ1n) is 51.1. The quantitative estimate of drug-likeness (QED) is 0.0923. The molecule has 10 saturated heterocycles. The van der Waals surface area contributed by atoms with Crippen LogP contribution in [0.5, 0.6) is 0 Å². The van der Waals surface area contributed by atoms with Gasteiger partial charge >= 0.3 is 0 Å². The highest BCUT2D eigenvalue weighted by molar-refractivity contribution is 5.42. The smallest absolute Gasteiger partial charge is 0.170 e. The zero-order valence-electron chi connectivity index (χ0n) is 88.8. The summed E-state index contributed by atoms with van der Waals surface area (Å²) in [6.45, 7) is 111. The van der Waals surface area contributed by atoms with E-state index in [-0.39, 0.29) is 11.8 Å². The van der Waals surface area contributed by atoms with Gasteiger partial charge in [-0.25, -0.2) is 9.97 Å². The molecule has 10 aliphatic heterocycles. The van der Waals surface area contributed by atoms with Crippen molar-refractivity contribution in [1.29, 1.82) is 0 Å². The minimum absolute atomic E-state index is 0.0150.